The molecule has 0 aliphatic carbocycles. The molecule has 3 N–H and O–H groups in total. The fourth-order valence-electron chi connectivity index (χ4n) is 3.68. The zero-order valence-corrected chi connectivity index (χ0v) is 20.3. The average molecular weight is 508 g/mol. The summed E-state index contributed by atoms with van der Waals surface area (Å²) < 4.78 is 39.5. The number of rotatable bonds is 4. The molecule has 0 aliphatic heterocycles. The van der Waals surface area contributed by atoms with E-state index in [0.29, 0.717) is 16.8 Å². The minimum Gasteiger partial charge on any atom is -0.372 e. The number of alkyl halides is 3. The monoisotopic (exact) mass is 507 g/mol. The Bertz CT molecular complexity index is 1440. The molecule has 3 heterocycles. The summed E-state index contributed by atoms with van der Waals surface area (Å²) in [7, 11) is 1.54. The molecular formula is C27H24F3N5O2. The molecule has 190 valence electrons. The lowest BCUT2D eigenvalue weighted by molar-refractivity contribution is -0.137. The lowest BCUT2D eigenvalue weighted by atomic mass is 9.94. The van der Waals surface area contributed by atoms with E-state index in [-0.39, 0.29) is 18.0 Å². The molecule has 0 saturated heterocycles. The topological polar surface area (TPSA) is 111 Å². The summed E-state index contributed by atoms with van der Waals surface area (Å²) in [4.78, 5) is 33.1. The first kappa shape index (κ1) is 27.0. The van der Waals surface area contributed by atoms with Crippen molar-refractivity contribution >= 4 is 12.3 Å². The standard InChI is InChI=1S/C26H21F3N4O.CH3NO/c1-15-4-5-17(20-9-21(14-31-13-20)26(27,28)29)10-22(15)19-8-16(2)33-23(12-19)18-6-7-32-24(11-18)25(34)30-3;2-1-3/h4-14H,1-3H3,(H,30,34);1H,(H2,2,3). The van der Waals surface area contributed by atoms with Crippen molar-refractivity contribution in [2.24, 2.45) is 5.73 Å². The van der Waals surface area contributed by atoms with E-state index in [2.05, 4.69) is 26.0 Å². The number of carbonyl (C=O) groups is 2. The van der Waals surface area contributed by atoms with Gasteiger partial charge in [0, 0.05) is 42.5 Å². The third kappa shape index (κ3) is 6.54. The first-order chi connectivity index (χ1) is 17.6. The molecule has 0 unspecified atom stereocenters. The Kier molecular flexibility index (Phi) is 8.33. The third-order valence-corrected chi connectivity index (χ3v) is 5.42. The van der Waals surface area contributed by atoms with Crippen LogP contribution in [0.1, 0.15) is 27.3 Å². The highest BCUT2D eigenvalue weighted by atomic mass is 19.4. The van der Waals surface area contributed by atoms with Gasteiger partial charge in [0.15, 0.2) is 0 Å². The van der Waals surface area contributed by atoms with Crippen LogP contribution in [0.2, 0.25) is 0 Å². The molecule has 0 fully saturated rings. The van der Waals surface area contributed by atoms with E-state index in [1.807, 2.05) is 38.1 Å². The number of nitrogens with two attached hydrogens (primary N) is 1. The zero-order valence-electron chi connectivity index (χ0n) is 20.3. The Morgan fingerprint density at radius 3 is 2.35 bits per heavy atom. The van der Waals surface area contributed by atoms with Crippen molar-refractivity contribution in [3.05, 3.63) is 89.6 Å². The summed E-state index contributed by atoms with van der Waals surface area (Å²) in [6.07, 6.45) is -0.426. The molecule has 0 atom stereocenters. The van der Waals surface area contributed by atoms with Gasteiger partial charge in [-0.2, -0.15) is 13.2 Å². The first-order valence-electron chi connectivity index (χ1n) is 11.0. The molecule has 37 heavy (non-hydrogen) atoms. The van der Waals surface area contributed by atoms with Crippen LogP contribution in [0.3, 0.4) is 0 Å². The average Bonchev–Trinajstić information content (AvgIpc) is 2.88. The molecule has 0 radical (unpaired) electrons. The normalized spacial score (nSPS) is 10.8. The summed E-state index contributed by atoms with van der Waals surface area (Å²) in [6, 6.07) is 13.9. The predicted octanol–water partition coefficient (Wildman–Crippen LogP) is 4.97. The molecule has 1 aromatic carbocycles. The maximum Gasteiger partial charge on any atom is 0.417 e. The number of halogens is 3. The number of pyridine rings is 3. The summed E-state index contributed by atoms with van der Waals surface area (Å²) in [5, 5.41) is 2.55. The number of aromatic nitrogens is 3. The summed E-state index contributed by atoms with van der Waals surface area (Å²) in [6.45, 7) is 3.80. The van der Waals surface area contributed by atoms with Crippen molar-refractivity contribution in [3.63, 3.8) is 0 Å². The Hall–Kier alpha value is -4.60. The van der Waals surface area contributed by atoms with Crippen LogP contribution in [-0.2, 0) is 11.0 Å². The van der Waals surface area contributed by atoms with Gasteiger partial charge in [-0.25, -0.2) is 0 Å². The van der Waals surface area contributed by atoms with E-state index in [1.165, 1.54) is 13.2 Å². The van der Waals surface area contributed by atoms with Crippen molar-refractivity contribution in [2.75, 3.05) is 7.05 Å². The number of hydrogen-bond acceptors (Lipinski definition) is 5. The molecule has 0 saturated carbocycles. The van der Waals surface area contributed by atoms with Crippen molar-refractivity contribution in [1.82, 2.24) is 20.3 Å². The maximum atomic E-state index is 13.2. The Morgan fingerprint density at radius 2 is 1.68 bits per heavy atom. The van der Waals surface area contributed by atoms with Crippen LogP contribution in [0.5, 0.6) is 0 Å². The van der Waals surface area contributed by atoms with Gasteiger partial charge in [0.05, 0.1) is 11.3 Å². The SMILES string of the molecule is CNC(=O)c1cc(-c2cc(-c3cc(-c4cncc(C(F)(F)F)c4)ccc3C)cc(C)n2)ccn1.NC=O. The fourth-order valence-corrected chi connectivity index (χ4v) is 3.68. The number of benzene rings is 1. The lowest BCUT2D eigenvalue weighted by Gasteiger charge is -2.13. The van der Waals surface area contributed by atoms with E-state index < -0.39 is 11.7 Å². The number of hydrogen-bond donors (Lipinski definition) is 2. The molecule has 7 nitrogen and oxygen atoms in total. The minimum absolute atomic E-state index is 0.250. The van der Waals surface area contributed by atoms with Crippen LogP contribution < -0.4 is 11.1 Å². The van der Waals surface area contributed by atoms with Crippen molar-refractivity contribution in [1.29, 1.82) is 0 Å². The number of primary amides is 1. The number of nitrogens with zero attached hydrogens (tertiary/aromatic N) is 3. The van der Waals surface area contributed by atoms with Crippen LogP contribution in [0, 0.1) is 13.8 Å². The molecule has 2 amide bonds. The Balaban J connectivity index is 0.00000121. The van der Waals surface area contributed by atoms with Gasteiger partial charge in [-0.3, -0.25) is 24.5 Å². The summed E-state index contributed by atoms with van der Waals surface area (Å²) in [5.41, 5.74) is 9.49. The molecule has 10 heteroatoms. The van der Waals surface area contributed by atoms with Gasteiger partial charge in [-0.15, -0.1) is 0 Å². The molecule has 0 bridgehead atoms. The number of nitrogens with one attached hydrogen (secondary N) is 1. The second-order valence-corrected chi connectivity index (χ2v) is 8.02. The van der Waals surface area contributed by atoms with Crippen LogP contribution >= 0.6 is 0 Å². The fraction of sp³-hybridized carbons (Fsp3) is 0.148. The van der Waals surface area contributed by atoms with Crippen molar-refractivity contribution in [3.8, 4) is 33.5 Å². The Morgan fingerprint density at radius 1 is 0.946 bits per heavy atom. The van der Waals surface area contributed by atoms with E-state index in [1.54, 1.807) is 24.4 Å². The minimum atomic E-state index is -4.47. The highest BCUT2D eigenvalue weighted by molar-refractivity contribution is 5.93. The largest absolute Gasteiger partial charge is 0.417 e. The molecule has 4 aromatic rings. The van der Waals surface area contributed by atoms with E-state index in [9.17, 15) is 18.0 Å². The number of amides is 2. The highest BCUT2D eigenvalue weighted by Gasteiger charge is 2.31. The highest BCUT2D eigenvalue weighted by Crippen LogP contribution is 2.34. The Labute approximate surface area is 211 Å². The van der Waals surface area contributed by atoms with Crippen molar-refractivity contribution in [2.45, 2.75) is 20.0 Å². The smallest absolute Gasteiger partial charge is 0.372 e. The summed E-state index contributed by atoms with van der Waals surface area (Å²) in [5.74, 6) is -0.298. The van der Waals surface area contributed by atoms with Crippen LogP contribution in [-0.4, -0.2) is 34.3 Å². The van der Waals surface area contributed by atoms with Crippen LogP contribution in [0.15, 0.2) is 67.1 Å². The first-order valence-corrected chi connectivity index (χ1v) is 11.0. The zero-order chi connectivity index (χ0) is 27.2. The van der Waals surface area contributed by atoms with Gasteiger partial charge < -0.3 is 11.1 Å². The van der Waals surface area contributed by atoms with Gasteiger partial charge in [0.2, 0.25) is 6.41 Å². The van der Waals surface area contributed by atoms with Gasteiger partial charge >= 0.3 is 6.18 Å². The molecule has 0 aliphatic rings. The van der Waals surface area contributed by atoms with Gasteiger partial charge in [0.1, 0.15) is 5.69 Å². The maximum absolute atomic E-state index is 13.2. The number of carbonyl (C=O) groups excluding carboxylic acids is 2. The summed E-state index contributed by atoms with van der Waals surface area (Å²) >= 11 is 0. The van der Waals surface area contributed by atoms with Crippen molar-refractivity contribution < 1.29 is 22.8 Å². The third-order valence-electron chi connectivity index (χ3n) is 5.42. The molecule has 0 spiro atoms. The van der Waals surface area contributed by atoms with Gasteiger partial charge in [0.25, 0.3) is 5.91 Å². The number of aryl methyl sites for hydroxylation is 2. The second kappa shape index (κ2) is 11.4. The van der Waals surface area contributed by atoms with Gasteiger partial charge in [-0.05, 0) is 72.5 Å². The van der Waals surface area contributed by atoms with E-state index in [4.69, 9.17) is 4.79 Å². The molecular weight excluding hydrogens is 483 g/mol. The van der Waals surface area contributed by atoms with Crippen LogP contribution in [0.4, 0.5) is 13.2 Å². The van der Waals surface area contributed by atoms with E-state index >= 15 is 0 Å². The second-order valence-electron chi connectivity index (χ2n) is 8.02. The molecule has 4 rings (SSSR count). The quantitative estimate of drug-likeness (QED) is 0.379. The van der Waals surface area contributed by atoms with Crippen LogP contribution in [0.25, 0.3) is 33.5 Å². The van der Waals surface area contributed by atoms with Gasteiger partial charge in [-0.1, -0.05) is 12.1 Å². The lowest BCUT2D eigenvalue weighted by Crippen LogP contribution is -2.19. The van der Waals surface area contributed by atoms with E-state index in [0.717, 1.165) is 40.2 Å². The molecule has 3 aromatic heterocycles. The predicted molar refractivity (Wildman–Crippen MR) is 134 cm³/mol.